The number of hydrogen-bond donors (Lipinski definition) is 1. The van der Waals surface area contributed by atoms with Crippen LogP contribution < -0.4 is 0 Å². The third-order valence-corrected chi connectivity index (χ3v) is 3.70. The van der Waals surface area contributed by atoms with E-state index in [1.54, 1.807) is 31.3 Å². The fourth-order valence-electron chi connectivity index (χ4n) is 1.29. The lowest BCUT2D eigenvalue weighted by atomic mass is 10.2. The molecule has 0 saturated heterocycles. The Morgan fingerprint density at radius 3 is 2.38 bits per heavy atom. The molecule has 1 aromatic carbocycles. The Morgan fingerprint density at radius 2 is 1.88 bits per heavy atom. The van der Waals surface area contributed by atoms with Crippen molar-refractivity contribution in [2.75, 3.05) is 0 Å². The second-order valence-corrected chi connectivity index (χ2v) is 5.34. The molecule has 1 atom stereocenters. The molecule has 0 bridgehead atoms. The van der Waals surface area contributed by atoms with E-state index in [4.69, 9.17) is 23.2 Å². The third-order valence-electron chi connectivity index (χ3n) is 2.04. The Bertz CT molecular complexity index is 490. The summed E-state index contributed by atoms with van der Waals surface area (Å²) in [6, 6.07) is 5.28. The number of aliphatic hydroxyl groups excluding tert-OH is 1. The first-order valence-corrected chi connectivity index (χ1v) is 6.24. The fourth-order valence-corrected chi connectivity index (χ4v) is 2.66. The zero-order valence-electron chi connectivity index (χ0n) is 8.45. The molecule has 0 aliphatic carbocycles. The van der Waals surface area contributed by atoms with Gasteiger partial charge in [-0.3, -0.25) is 0 Å². The Hall–Kier alpha value is -0.610. The highest BCUT2D eigenvalue weighted by atomic mass is 35.5. The van der Waals surface area contributed by atoms with Crippen molar-refractivity contribution in [3.63, 3.8) is 0 Å². The van der Waals surface area contributed by atoms with Crippen molar-refractivity contribution in [3.05, 3.63) is 39.3 Å². The second-order valence-electron chi connectivity index (χ2n) is 3.40. The highest BCUT2D eigenvalue weighted by molar-refractivity contribution is 7.15. The van der Waals surface area contributed by atoms with E-state index in [9.17, 15) is 5.11 Å². The number of aliphatic hydroxyl groups is 1. The molecular formula is C11H9Cl2NOS. The molecule has 0 aliphatic rings. The number of benzene rings is 1. The maximum absolute atomic E-state index is 9.41. The summed E-state index contributed by atoms with van der Waals surface area (Å²) < 4.78 is 0. The first-order chi connectivity index (χ1) is 7.56. The molecule has 0 saturated carbocycles. The number of thiazole rings is 1. The van der Waals surface area contributed by atoms with Crippen LogP contribution in [0.2, 0.25) is 10.0 Å². The molecule has 0 amide bonds. The van der Waals surface area contributed by atoms with E-state index in [1.807, 2.05) is 0 Å². The predicted octanol–water partition coefficient (Wildman–Crippen LogP) is 4.17. The highest BCUT2D eigenvalue weighted by Crippen LogP contribution is 2.32. The number of halogens is 2. The molecule has 2 rings (SSSR count). The minimum atomic E-state index is -0.499. The minimum absolute atomic E-state index is 0.499. The van der Waals surface area contributed by atoms with Crippen molar-refractivity contribution >= 4 is 34.5 Å². The van der Waals surface area contributed by atoms with Gasteiger partial charge in [-0.25, -0.2) is 4.98 Å². The van der Waals surface area contributed by atoms with Crippen LogP contribution in [0.1, 0.15) is 17.9 Å². The number of hydrogen-bond acceptors (Lipinski definition) is 3. The van der Waals surface area contributed by atoms with Crippen LogP contribution in [0.25, 0.3) is 10.6 Å². The summed E-state index contributed by atoms with van der Waals surface area (Å²) in [5.41, 5.74) is 0.870. The molecule has 0 fully saturated rings. The van der Waals surface area contributed by atoms with Crippen LogP contribution in [-0.4, -0.2) is 10.1 Å². The van der Waals surface area contributed by atoms with Gasteiger partial charge >= 0.3 is 0 Å². The smallest absolute Gasteiger partial charge is 0.123 e. The highest BCUT2D eigenvalue weighted by Gasteiger charge is 2.09. The first-order valence-electron chi connectivity index (χ1n) is 4.66. The molecule has 0 aliphatic heterocycles. The van der Waals surface area contributed by atoms with E-state index in [0.29, 0.717) is 10.0 Å². The van der Waals surface area contributed by atoms with Gasteiger partial charge in [-0.15, -0.1) is 11.3 Å². The van der Waals surface area contributed by atoms with Crippen molar-refractivity contribution < 1.29 is 5.11 Å². The Balaban J connectivity index is 2.42. The summed E-state index contributed by atoms with van der Waals surface area (Å²) in [5, 5.41) is 11.4. The van der Waals surface area contributed by atoms with Crippen LogP contribution >= 0.6 is 34.5 Å². The maximum atomic E-state index is 9.41. The molecule has 1 N–H and O–H groups in total. The van der Waals surface area contributed by atoms with Gasteiger partial charge in [0.1, 0.15) is 5.01 Å². The average Bonchev–Trinajstić information content (AvgIpc) is 2.64. The van der Waals surface area contributed by atoms with E-state index in [0.717, 1.165) is 15.4 Å². The summed E-state index contributed by atoms with van der Waals surface area (Å²) in [6.45, 7) is 1.71. The lowest BCUT2D eigenvalue weighted by molar-refractivity contribution is 0.203. The van der Waals surface area contributed by atoms with Gasteiger partial charge in [-0.05, 0) is 25.1 Å². The van der Waals surface area contributed by atoms with Gasteiger partial charge in [-0.1, -0.05) is 23.2 Å². The predicted molar refractivity (Wildman–Crippen MR) is 68.2 cm³/mol. The van der Waals surface area contributed by atoms with Gasteiger partial charge in [0, 0.05) is 21.8 Å². The zero-order valence-corrected chi connectivity index (χ0v) is 10.8. The molecule has 1 heterocycles. The van der Waals surface area contributed by atoms with Crippen LogP contribution in [0.15, 0.2) is 24.4 Å². The number of rotatable bonds is 2. The topological polar surface area (TPSA) is 33.1 Å². The molecule has 0 spiro atoms. The van der Waals surface area contributed by atoms with Crippen LogP contribution in [0.3, 0.4) is 0 Å². The van der Waals surface area contributed by atoms with Crippen LogP contribution in [0.5, 0.6) is 0 Å². The molecule has 2 nitrogen and oxygen atoms in total. The number of nitrogens with zero attached hydrogens (tertiary/aromatic N) is 1. The molecule has 2 aromatic rings. The molecule has 1 aromatic heterocycles. The number of aromatic nitrogens is 1. The largest absolute Gasteiger partial charge is 0.388 e. The summed E-state index contributed by atoms with van der Waals surface area (Å²) >= 11 is 13.3. The SMILES string of the molecule is CC(O)c1cnc(-c2cc(Cl)cc(Cl)c2)s1. The molecule has 1 unspecified atom stereocenters. The van der Waals surface area contributed by atoms with E-state index in [1.165, 1.54) is 11.3 Å². The summed E-state index contributed by atoms with van der Waals surface area (Å²) in [6.07, 6.45) is 1.17. The van der Waals surface area contributed by atoms with E-state index >= 15 is 0 Å². The summed E-state index contributed by atoms with van der Waals surface area (Å²) in [4.78, 5) is 5.06. The van der Waals surface area contributed by atoms with Crippen molar-refractivity contribution in [2.45, 2.75) is 13.0 Å². The lowest BCUT2D eigenvalue weighted by Crippen LogP contribution is -1.83. The maximum Gasteiger partial charge on any atom is 0.123 e. The van der Waals surface area contributed by atoms with E-state index < -0.39 is 6.10 Å². The van der Waals surface area contributed by atoms with Gasteiger partial charge in [0.05, 0.1) is 11.0 Å². The second kappa shape index (κ2) is 4.72. The molecule has 5 heteroatoms. The summed E-state index contributed by atoms with van der Waals surface area (Å²) in [7, 11) is 0. The van der Waals surface area contributed by atoms with Crippen molar-refractivity contribution in [1.29, 1.82) is 0 Å². The van der Waals surface area contributed by atoms with Crippen LogP contribution in [0.4, 0.5) is 0 Å². The third kappa shape index (κ3) is 2.55. The van der Waals surface area contributed by atoms with Crippen molar-refractivity contribution in [1.82, 2.24) is 4.98 Å². The van der Waals surface area contributed by atoms with Gasteiger partial charge < -0.3 is 5.11 Å². The Kier molecular flexibility index (Phi) is 3.50. The average molecular weight is 274 g/mol. The van der Waals surface area contributed by atoms with Gasteiger partial charge in [0.25, 0.3) is 0 Å². The van der Waals surface area contributed by atoms with Gasteiger partial charge in [-0.2, -0.15) is 0 Å². The first kappa shape index (κ1) is 11.9. The standard InChI is InChI=1S/C11H9Cl2NOS/c1-6(15)10-5-14-11(16-10)7-2-8(12)4-9(13)3-7/h2-6,15H,1H3. The normalized spacial score (nSPS) is 12.8. The van der Waals surface area contributed by atoms with Gasteiger partial charge in [0.2, 0.25) is 0 Å². The van der Waals surface area contributed by atoms with E-state index in [-0.39, 0.29) is 0 Å². The quantitative estimate of drug-likeness (QED) is 0.891. The van der Waals surface area contributed by atoms with Crippen molar-refractivity contribution in [3.8, 4) is 10.6 Å². The fraction of sp³-hybridized carbons (Fsp3) is 0.182. The monoisotopic (exact) mass is 273 g/mol. The minimum Gasteiger partial charge on any atom is -0.388 e. The zero-order chi connectivity index (χ0) is 11.7. The molecule has 84 valence electrons. The summed E-state index contributed by atoms with van der Waals surface area (Å²) in [5.74, 6) is 0. The van der Waals surface area contributed by atoms with Crippen LogP contribution in [-0.2, 0) is 0 Å². The van der Waals surface area contributed by atoms with Crippen molar-refractivity contribution in [2.24, 2.45) is 0 Å². The molecule has 0 radical (unpaired) electrons. The Labute approximate surface area is 107 Å². The Morgan fingerprint density at radius 1 is 1.25 bits per heavy atom. The van der Waals surface area contributed by atoms with E-state index in [2.05, 4.69) is 4.98 Å². The molecular weight excluding hydrogens is 265 g/mol. The van der Waals surface area contributed by atoms with Crippen LogP contribution in [0, 0.1) is 0 Å². The molecule has 16 heavy (non-hydrogen) atoms. The lowest BCUT2D eigenvalue weighted by Gasteiger charge is -1.99. The van der Waals surface area contributed by atoms with Gasteiger partial charge in [0.15, 0.2) is 0 Å².